The Kier molecular flexibility index (Phi) is 5.27. The van der Waals surface area contributed by atoms with Crippen LogP contribution in [-0.2, 0) is 0 Å². The number of halogens is 1. The number of non-ortho nitro benzene ring substituents is 1. The standard InChI is InChI=1S/C24H16ClN5O3/c1-2-33-15-7-5-6-14(10-15)20-13-26-22-17(23(28-20)16-8-3-4-9-19(16)25)11-21(30(31)32)24-18(22)12-27-29-24/h3-13H,2H2,1H3. The zero-order chi connectivity index (χ0) is 22.9. The van der Waals surface area contributed by atoms with Gasteiger partial charge in [0.1, 0.15) is 5.75 Å². The fourth-order valence-corrected chi connectivity index (χ4v) is 3.97. The molecule has 0 amide bonds. The summed E-state index contributed by atoms with van der Waals surface area (Å²) in [6.45, 7) is 2.45. The van der Waals surface area contributed by atoms with Crippen LogP contribution in [0, 0.1) is 10.1 Å². The van der Waals surface area contributed by atoms with Gasteiger partial charge in [-0.15, -0.1) is 5.10 Å². The molecule has 0 fully saturated rings. The molecule has 8 nitrogen and oxygen atoms in total. The lowest BCUT2D eigenvalue weighted by Gasteiger charge is -2.07. The van der Waals surface area contributed by atoms with Crippen LogP contribution in [0.25, 0.3) is 44.3 Å². The lowest BCUT2D eigenvalue weighted by atomic mass is 10.0. The van der Waals surface area contributed by atoms with Gasteiger partial charge < -0.3 is 4.74 Å². The fourth-order valence-electron chi connectivity index (χ4n) is 3.74. The van der Waals surface area contributed by atoms with Gasteiger partial charge in [0, 0.05) is 27.6 Å². The number of fused-ring (bicyclic) bond motifs is 3. The highest BCUT2D eigenvalue weighted by Crippen LogP contribution is 2.38. The van der Waals surface area contributed by atoms with E-state index in [4.69, 9.17) is 21.3 Å². The topological polar surface area (TPSA) is 104 Å². The van der Waals surface area contributed by atoms with Gasteiger partial charge in [0.15, 0.2) is 5.52 Å². The van der Waals surface area contributed by atoms with Gasteiger partial charge in [0.05, 0.1) is 46.2 Å². The first-order valence-electron chi connectivity index (χ1n) is 10.1. The Morgan fingerprint density at radius 1 is 1.03 bits per heavy atom. The second-order valence-corrected chi connectivity index (χ2v) is 7.61. The molecule has 9 heteroatoms. The molecular weight excluding hydrogens is 442 g/mol. The molecule has 5 aromatic rings. The van der Waals surface area contributed by atoms with Crippen molar-refractivity contribution in [2.24, 2.45) is 0 Å². The van der Waals surface area contributed by atoms with Crippen molar-refractivity contribution in [3.05, 3.63) is 82.1 Å². The lowest BCUT2D eigenvalue weighted by Crippen LogP contribution is -1.93. The van der Waals surface area contributed by atoms with E-state index >= 15 is 0 Å². The first kappa shape index (κ1) is 20.7. The summed E-state index contributed by atoms with van der Waals surface area (Å²) in [5, 5.41) is 21.0. The van der Waals surface area contributed by atoms with Crippen LogP contribution in [0.2, 0.25) is 5.02 Å². The van der Waals surface area contributed by atoms with E-state index in [1.54, 1.807) is 12.3 Å². The van der Waals surface area contributed by atoms with Gasteiger partial charge >= 0.3 is 0 Å². The molecule has 0 unspecified atom stereocenters. The Morgan fingerprint density at radius 2 is 1.88 bits per heavy atom. The second-order valence-electron chi connectivity index (χ2n) is 7.20. The van der Waals surface area contributed by atoms with Crippen molar-refractivity contribution in [3.8, 4) is 28.3 Å². The van der Waals surface area contributed by atoms with Crippen LogP contribution in [-0.4, -0.2) is 31.7 Å². The Labute approximate surface area is 193 Å². The van der Waals surface area contributed by atoms with E-state index in [0.717, 1.165) is 5.56 Å². The molecule has 0 N–H and O–H groups in total. The molecular formula is C24H16ClN5O3. The fraction of sp³-hybridized carbons (Fsp3) is 0.0833. The van der Waals surface area contributed by atoms with Gasteiger partial charge in [-0.3, -0.25) is 15.1 Å². The summed E-state index contributed by atoms with van der Waals surface area (Å²) >= 11 is 6.53. The van der Waals surface area contributed by atoms with Crippen molar-refractivity contribution in [3.63, 3.8) is 0 Å². The molecule has 0 radical (unpaired) electrons. The molecule has 0 aliphatic rings. The van der Waals surface area contributed by atoms with Crippen molar-refractivity contribution in [1.82, 2.24) is 20.2 Å². The number of hydrogen-bond donors (Lipinski definition) is 0. The predicted octanol–water partition coefficient (Wildman–Crippen LogP) is 5.87. The minimum absolute atomic E-state index is 0.169. The van der Waals surface area contributed by atoms with Crippen LogP contribution in [0.1, 0.15) is 6.92 Å². The Balaban J connectivity index is 1.91. The summed E-state index contributed by atoms with van der Waals surface area (Å²) < 4.78 is 5.63. The van der Waals surface area contributed by atoms with E-state index in [1.165, 1.54) is 12.3 Å². The normalized spacial score (nSPS) is 11.1. The molecule has 0 saturated heterocycles. The third-order valence-electron chi connectivity index (χ3n) is 5.20. The van der Waals surface area contributed by atoms with Gasteiger partial charge in [0.2, 0.25) is 0 Å². The number of ether oxygens (including phenoxy) is 1. The van der Waals surface area contributed by atoms with Gasteiger partial charge in [-0.25, -0.2) is 4.98 Å². The van der Waals surface area contributed by atoms with E-state index in [-0.39, 0.29) is 11.2 Å². The van der Waals surface area contributed by atoms with Crippen molar-refractivity contribution >= 4 is 39.1 Å². The van der Waals surface area contributed by atoms with E-state index in [2.05, 4.69) is 15.2 Å². The molecule has 162 valence electrons. The first-order valence-corrected chi connectivity index (χ1v) is 10.5. The molecule has 33 heavy (non-hydrogen) atoms. The largest absolute Gasteiger partial charge is 0.494 e. The van der Waals surface area contributed by atoms with E-state index in [0.29, 0.717) is 50.6 Å². The van der Waals surface area contributed by atoms with Crippen molar-refractivity contribution in [2.45, 2.75) is 6.92 Å². The summed E-state index contributed by atoms with van der Waals surface area (Å²) in [7, 11) is 0. The van der Waals surface area contributed by atoms with E-state index in [9.17, 15) is 10.1 Å². The molecule has 2 heterocycles. The van der Waals surface area contributed by atoms with Crippen molar-refractivity contribution in [2.75, 3.05) is 6.61 Å². The van der Waals surface area contributed by atoms with Crippen LogP contribution in [0.5, 0.6) is 5.75 Å². The monoisotopic (exact) mass is 457 g/mol. The Morgan fingerprint density at radius 3 is 2.67 bits per heavy atom. The summed E-state index contributed by atoms with van der Waals surface area (Å²) in [6, 6.07) is 16.2. The molecule has 3 aromatic carbocycles. The third kappa shape index (κ3) is 3.70. The average molecular weight is 458 g/mol. The SMILES string of the molecule is CCOc1cccc(-c2cnc3c(cc([N+](=O)[O-])c4nncc43)c(-c3ccccc3Cl)n2)c1. The number of hydrogen-bond acceptors (Lipinski definition) is 7. The minimum Gasteiger partial charge on any atom is -0.494 e. The molecule has 0 aliphatic carbocycles. The van der Waals surface area contributed by atoms with Gasteiger partial charge in [-0.2, -0.15) is 5.10 Å². The highest BCUT2D eigenvalue weighted by atomic mass is 35.5. The first-order chi connectivity index (χ1) is 16.1. The summed E-state index contributed by atoms with van der Waals surface area (Å²) in [5.74, 6) is 0.703. The molecule has 0 aliphatic heterocycles. The van der Waals surface area contributed by atoms with Crippen molar-refractivity contribution < 1.29 is 9.66 Å². The van der Waals surface area contributed by atoms with Crippen LogP contribution in [0.3, 0.4) is 0 Å². The molecule has 0 atom stereocenters. The lowest BCUT2D eigenvalue weighted by molar-refractivity contribution is -0.383. The second kappa shape index (κ2) is 8.40. The molecule has 2 aromatic heterocycles. The zero-order valence-corrected chi connectivity index (χ0v) is 18.2. The quantitative estimate of drug-likeness (QED) is 0.240. The maximum Gasteiger partial charge on any atom is 0.298 e. The van der Waals surface area contributed by atoms with Crippen LogP contribution in [0.15, 0.2) is 67.0 Å². The van der Waals surface area contributed by atoms with E-state index in [1.807, 2.05) is 49.4 Å². The van der Waals surface area contributed by atoms with Crippen LogP contribution in [0.4, 0.5) is 5.69 Å². The van der Waals surface area contributed by atoms with Crippen LogP contribution < -0.4 is 4.74 Å². The molecule has 0 bridgehead atoms. The average Bonchev–Trinajstić information content (AvgIpc) is 3.22. The highest BCUT2D eigenvalue weighted by molar-refractivity contribution is 6.33. The van der Waals surface area contributed by atoms with Crippen LogP contribution >= 0.6 is 11.6 Å². The number of nitro benzene ring substituents is 1. The number of aromatic nitrogens is 4. The minimum atomic E-state index is -0.480. The van der Waals surface area contributed by atoms with Gasteiger partial charge in [-0.1, -0.05) is 41.9 Å². The predicted molar refractivity (Wildman–Crippen MR) is 126 cm³/mol. The Bertz CT molecular complexity index is 1540. The number of benzene rings is 3. The van der Waals surface area contributed by atoms with Gasteiger partial charge in [0.25, 0.3) is 5.69 Å². The maximum atomic E-state index is 11.8. The Hall–Kier alpha value is -4.17. The van der Waals surface area contributed by atoms with Crippen molar-refractivity contribution in [1.29, 1.82) is 0 Å². The summed E-state index contributed by atoms with van der Waals surface area (Å²) in [4.78, 5) is 20.9. The maximum absolute atomic E-state index is 11.8. The molecule has 0 saturated carbocycles. The molecule has 0 spiro atoms. The summed E-state index contributed by atoms with van der Waals surface area (Å²) in [5.41, 5.74) is 2.95. The summed E-state index contributed by atoms with van der Waals surface area (Å²) in [6.07, 6.45) is 3.11. The van der Waals surface area contributed by atoms with Gasteiger partial charge in [-0.05, 0) is 25.1 Å². The number of nitrogens with zero attached hydrogens (tertiary/aromatic N) is 5. The number of nitro groups is 1. The highest BCUT2D eigenvalue weighted by Gasteiger charge is 2.22. The third-order valence-corrected chi connectivity index (χ3v) is 5.53. The molecule has 5 rings (SSSR count). The smallest absolute Gasteiger partial charge is 0.298 e. The van der Waals surface area contributed by atoms with E-state index < -0.39 is 4.92 Å². The zero-order valence-electron chi connectivity index (χ0n) is 17.4. The number of rotatable bonds is 5.